The highest BCUT2D eigenvalue weighted by molar-refractivity contribution is 5.44. The van der Waals surface area contributed by atoms with Crippen molar-refractivity contribution in [3.63, 3.8) is 0 Å². The Morgan fingerprint density at radius 2 is 2.60 bits per heavy atom. The molecule has 0 spiro atoms. The zero-order valence-corrected chi connectivity index (χ0v) is 5.66. The van der Waals surface area contributed by atoms with E-state index in [9.17, 15) is 4.79 Å². The van der Waals surface area contributed by atoms with E-state index in [-0.39, 0.29) is 0 Å². The van der Waals surface area contributed by atoms with Gasteiger partial charge in [0.1, 0.15) is 0 Å². The van der Waals surface area contributed by atoms with Gasteiger partial charge in [0.05, 0.1) is 6.26 Å². The highest BCUT2D eigenvalue weighted by atomic mass is 16.6. The quantitative estimate of drug-likeness (QED) is 0.595. The number of hydrogen-bond donors (Lipinski definition) is 0. The first-order valence-electron chi connectivity index (χ1n) is 3.05. The molecule has 1 aromatic rings. The summed E-state index contributed by atoms with van der Waals surface area (Å²) in [5.74, 6) is 0.303. The van der Waals surface area contributed by atoms with Gasteiger partial charge in [-0.2, -0.15) is 0 Å². The lowest BCUT2D eigenvalue weighted by Gasteiger charge is -1.92. The molecule has 0 aliphatic heterocycles. The first-order valence-corrected chi connectivity index (χ1v) is 3.05. The average Bonchev–Trinajstić information content (AvgIpc) is 2.36. The van der Waals surface area contributed by atoms with E-state index < -0.39 is 0 Å². The SMILES string of the molecule is CCc1ccoc1OC=O. The van der Waals surface area contributed by atoms with Gasteiger partial charge in [0, 0.05) is 5.56 Å². The number of ether oxygens (including phenoxy) is 1. The van der Waals surface area contributed by atoms with Crippen molar-refractivity contribution >= 4 is 6.47 Å². The zero-order chi connectivity index (χ0) is 7.40. The summed E-state index contributed by atoms with van der Waals surface area (Å²) in [5, 5.41) is 0. The third-order valence-corrected chi connectivity index (χ3v) is 1.24. The maximum absolute atomic E-state index is 9.86. The van der Waals surface area contributed by atoms with Crippen molar-refractivity contribution in [2.24, 2.45) is 0 Å². The fourth-order valence-electron chi connectivity index (χ4n) is 0.731. The molecule has 1 aromatic heterocycles. The van der Waals surface area contributed by atoms with Crippen LogP contribution in [0.25, 0.3) is 0 Å². The van der Waals surface area contributed by atoms with Crippen LogP contribution in [0.5, 0.6) is 5.95 Å². The van der Waals surface area contributed by atoms with E-state index in [1.54, 1.807) is 6.07 Å². The van der Waals surface area contributed by atoms with Gasteiger partial charge in [0.15, 0.2) is 0 Å². The molecule has 54 valence electrons. The normalized spacial score (nSPS) is 9.30. The topological polar surface area (TPSA) is 39.4 Å². The van der Waals surface area contributed by atoms with E-state index in [0.29, 0.717) is 12.4 Å². The van der Waals surface area contributed by atoms with Crippen LogP contribution in [0.1, 0.15) is 12.5 Å². The fraction of sp³-hybridized carbons (Fsp3) is 0.286. The molecular weight excluding hydrogens is 132 g/mol. The Bertz CT molecular complexity index is 214. The lowest BCUT2D eigenvalue weighted by molar-refractivity contribution is -0.121. The second kappa shape index (κ2) is 3.06. The number of carbonyl (C=O) groups excluding carboxylic acids is 1. The summed E-state index contributed by atoms with van der Waals surface area (Å²) in [4.78, 5) is 9.86. The first-order chi connectivity index (χ1) is 4.88. The Morgan fingerprint density at radius 1 is 1.80 bits per heavy atom. The molecule has 0 fully saturated rings. The molecule has 0 unspecified atom stereocenters. The van der Waals surface area contributed by atoms with E-state index in [1.165, 1.54) is 6.26 Å². The summed E-state index contributed by atoms with van der Waals surface area (Å²) in [6.45, 7) is 2.32. The van der Waals surface area contributed by atoms with Crippen molar-refractivity contribution in [3.05, 3.63) is 17.9 Å². The van der Waals surface area contributed by atoms with Gasteiger partial charge in [-0.1, -0.05) is 6.92 Å². The Labute approximate surface area is 58.6 Å². The van der Waals surface area contributed by atoms with Crippen LogP contribution in [0.3, 0.4) is 0 Å². The summed E-state index contributed by atoms with van der Waals surface area (Å²) in [6, 6.07) is 1.78. The molecule has 3 heteroatoms. The maximum Gasteiger partial charge on any atom is 0.300 e. The number of furan rings is 1. The summed E-state index contributed by atoms with van der Waals surface area (Å²) >= 11 is 0. The van der Waals surface area contributed by atoms with Gasteiger partial charge in [-0.05, 0) is 12.5 Å². The molecular formula is C7H8O3. The van der Waals surface area contributed by atoms with Crippen LogP contribution in [-0.4, -0.2) is 6.47 Å². The number of aryl methyl sites for hydroxylation is 1. The van der Waals surface area contributed by atoms with Gasteiger partial charge in [-0.25, -0.2) is 0 Å². The van der Waals surface area contributed by atoms with E-state index in [2.05, 4.69) is 4.74 Å². The smallest absolute Gasteiger partial charge is 0.300 e. The minimum absolute atomic E-state index is 0.303. The lowest BCUT2D eigenvalue weighted by atomic mass is 10.3. The van der Waals surface area contributed by atoms with Gasteiger partial charge in [-0.15, -0.1) is 0 Å². The van der Waals surface area contributed by atoms with Crippen molar-refractivity contribution in [2.75, 3.05) is 0 Å². The van der Waals surface area contributed by atoms with Gasteiger partial charge in [-0.3, -0.25) is 4.79 Å². The summed E-state index contributed by atoms with van der Waals surface area (Å²) < 4.78 is 9.36. The van der Waals surface area contributed by atoms with Crippen LogP contribution in [0.15, 0.2) is 16.7 Å². The second-order valence-electron chi connectivity index (χ2n) is 1.80. The molecule has 10 heavy (non-hydrogen) atoms. The summed E-state index contributed by atoms with van der Waals surface area (Å²) in [6.07, 6.45) is 2.30. The molecule has 1 heterocycles. The Morgan fingerprint density at radius 3 is 3.20 bits per heavy atom. The van der Waals surface area contributed by atoms with Crippen LogP contribution >= 0.6 is 0 Å². The maximum atomic E-state index is 9.86. The summed E-state index contributed by atoms with van der Waals surface area (Å²) in [7, 11) is 0. The Kier molecular flexibility index (Phi) is 2.10. The molecule has 0 saturated carbocycles. The van der Waals surface area contributed by atoms with Crippen LogP contribution in [0.4, 0.5) is 0 Å². The van der Waals surface area contributed by atoms with E-state index in [4.69, 9.17) is 4.42 Å². The van der Waals surface area contributed by atoms with Crippen LogP contribution < -0.4 is 4.74 Å². The summed E-state index contributed by atoms with van der Waals surface area (Å²) in [5.41, 5.74) is 0.909. The standard InChI is InChI=1S/C7H8O3/c1-2-6-3-4-9-7(6)10-5-8/h3-5H,2H2,1H3. The predicted octanol–water partition coefficient (Wildman–Crippen LogP) is 1.38. The van der Waals surface area contributed by atoms with Crippen molar-refractivity contribution in [2.45, 2.75) is 13.3 Å². The zero-order valence-electron chi connectivity index (χ0n) is 5.66. The Balaban J connectivity index is 2.79. The molecule has 0 aliphatic carbocycles. The Hall–Kier alpha value is -1.25. The molecule has 0 aromatic carbocycles. The third-order valence-electron chi connectivity index (χ3n) is 1.24. The van der Waals surface area contributed by atoms with Gasteiger partial charge >= 0.3 is 6.47 Å². The molecule has 0 amide bonds. The largest absolute Gasteiger partial charge is 0.434 e. The first kappa shape index (κ1) is 6.86. The highest BCUT2D eigenvalue weighted by Crippen LogP contribution is 2.18. The third kappa shape index (κ3) is 1.18. The predicted molar refractivity (Wildman–Crippen MR) is 34.8 cm³/mol. The highest BCUT2D eigenvalue weighted by Gasteiger charge is 2.03. The van der Waals surface area contributed by atoms with E-state index >= 15 is 0 Å². The molecule has 3 nitrogen and oxygen atoms in total. The molecule has 1 rings (SSSR count). The molecule has 0 bridgehead atoms. The van der Waals surface area contributed by atoms with Crippen molar-refractivity contribution in [1.29, 1.82) is 0 Å². The number of rotatable bonds is 3. The lowest BCUT2D eigenvalue weighted by Crippen LogP contribution is -1.89. The van der Waals surface area contributed by atoms with Gasteiger partial charge < -0.3 is 9.15 Å². The molecule has 0 saturated heterocycles. The molecule has 0 N–H and O–H groups in total. The van der Waals surface area contributed by atoms with E-state index in [0.717, 1.165) is 12.0 Å². The fourth-order valence-corrected chi connectivity index (χ4v) is 0.731. The number of hydrogen-bond acceptors (Lipinski definition) is 3. The number of carbonyl (C=O) groups is 1. The van der Waals surface area contributed by atoms with E-state index in [1.807, 2.05) is 6.92 Å². The molecule has 0 radical (unpaired) electrons. The average molecular weight is 140 g/mol. The van der Waals surface area contributed by atoms with Crippen molar-refractivity contribution in [3.8, 4) is 5.95 Å². The van der Waals surface area contributed by atoms with Gasteiger partial charge in [0.2, 0.25) is 0 Å². The molecule has 0 aliphatic rings. The van der Waals surface area contributed by atoms with Crippen molar-refractivity contribution in [1.82, 2.24) is 0 Å². The van der Waals surface area contributed by atoms with Gasteiger partial charge in [0.25, 0.3) is 5.95 Å². The van der Waals surface area contributed by atoms with Crippen molar-refractivity contribution < 1.29 is 13.9 Å². The minimum Gasteiger partial charge on any atom is -0.434 e. The molecule has 0 atom stereocenters. The second-order valence-corrected chi connectivity index (χ2v) is 1.80. The van der Waals surface area contributed by atoms with Crippen LogP contribution in [0.2, 0.25) is 0 Å². The van der Waals surface area contributed by atoms with Crippen LogP contribution in [0, 0.1) is 0 Å². The van der Waals surface area contributed by atoms with Crippen LogP contribution in [-0.2, 0) is 11.2 Å². The minimum atomic E-state index is 0.303. The monoisotopic (exact) mass is 140 g/mol.